The fourth-order valence-corrected chi connectivity index (χ4v) is 2.96. The number of hydrogen-bond acceptors (Lipinski definition) is 2. The van der Waals surface area contributed by atoms with Gasteiger partial charge in [-0.1, -0.05) is 25.1 Å². The van der Waals surface area contributed by atoms with E-state index in [0.717, 1.165) is 30.1 Å². The monoisotopic (exact) mass is 245 g/mol. The number of hydrogen-bond donors (Lipinski definition) is 1. The maximum absolute atomic E-state index is 12.1. The number of para-hydroxylation sites is 1. The highest BCUT2D eigenvalue weighted by atomic mass is 16.5. The topological polar surface area (TPSA) is 38.3 Å². The second kappa shape index (κ2) is 4.63. The van der Waals surface area contributed by atoms with Gasteiger partial charge in [0.2, 0.25) is 0 Å². The largest absolute Gasteiger partial charge is 0.480 e. The first-order valence-electron chi connectivity index (χ1n) is 6.77. The van der Waals surface area contributed by atoms with Gasteiger partial charge in [-0.3, -0.25) is 4.79 Å². The van der Waals surface area contributed by atoms with E-state index in [1.165, 1.54) is 6.42 Å². The van der Waals surface area contributed by atoms with Crippen molar-refractivity contribution >= 4 is 5.91 Å². The lowest BCUT2D eigenvalue weighted by atomic mass is 10.1. The summed E-state index contributed by atoms with van der Waals surface area (Å²) < 4.78 is 5.69. The number of ether oxygens (including phenoxy) is 1. The Hall–Kier alpha value is -1.51. The SMILES string of the molecule is CC1CCC(NC(=O)C2Cc3ccccc3O2)C1. The molecule has 1 aromatic rings. The minimum Gasteiger partial charge on any atom is -0.480 e. The fourth-order valence-electron chi connectivity index (χ4n) is 2.96. The van der Waals surface area contributed by atoms with Crippen LogP contribution in [0, 0.1) is 5.92 Å². The molecule has 1 amide bonds. The zero-order chi connectivity index (χ0) is 12.5. The predicted molar refractivity (Wildman–Crippen MR) is 69.5 cm³/mol. The third-order valence-electron chi connectivity index (χ3n) is 3.98. The van der Waals surface area contributed by atoms with Gasteiger partial charge in [0.05, 0.1) is 0 Å². The number of benzene rings is 1. The second-order valence-electron chi connectivity index (χ2n) is 5.54. The number of carbonyl (C=O) groups is 1. The van der Waals surface area contributed by atoms with E-state index in [4.69, 9.17) is 4.74 Å². The number of carbonyl (C=O) groups excluding carboxylic acids is 1. The summed E-state index contributed by atoms with van der Waals surface area (Å²) in [5.74, 6) is 1.64. The molecule has 1 N–H and O–H groups in total. The van der Waals surface area contributed by atoms with Crippen molar-refractivity contribution in [1.82, 2.24) is 5.32 Å². The highest BCUT2D eigenvalue weighted by Gasteiger charge is 2.31. The van der Waals surface area contributed by atoms with Crippen molar-refractivity contribution in [3.8, 4) is 5.75 Å². The van der Waals surface area contributed by atoms with Crippen molar-refractivity contribution in [3.05, 3.63) is 29.8 Å². The van der Waals surface area contributed by atoms with Gasteiger partial charge in [-0.25, -0.2) is 0 Å². The number of rotatable bonds is 2. The molecule has 3 rings (SSSR count). The molecular formula is C15H19NO2. The van der Waals surface area contributed by atoms with E-state index in [-0.39, 0.29) is 12.0 Å². The lowest BCUT2D eigenvalue weighted by Gasteiger charge is -2.16. The molecular weight excluding hydrogens is 226 g/mol. The van der Waals surface area contributed by atoms with Crippen LogP contribution in [0.25, 0.3) is 0 Å². The molecule has 0 bridgehead atoms. The van der Waals surface area contributed by atoms with E-state index in [0.29, 0.717) is 12.5 Å². The Labute approximate surface area is 108 Å². The highest BCUT2D eigenvalue weighted by molar-refractivity contribution is 5.82. The smallest absolute Gasteiger partial charge is 0.261 e. The third kappa shape index (κ3) is 2.22. The van der Waals surface area contributed by atoms with E-state index < -0.39 is 0 Å². The summed E-state index contributed by atoms with van der Waals surface area (Å²) >= 11 is 0. The summed E-state index contributed by atoms with van der Waals surface area (Å²) in [6.07, 6.45) is 3.79. The van der Waals surface area contributed by atoms with Crippen LogP contribution in [0.5, 0.6) is 5.75 Å². The average Bonchev–Trinajstić information content (AvgIpc) is 2.95. The van der Waals surface area contributed by atoms with Crippen LogP contribution >= 0.6 is 0 Å². The molecule has 0 radical (unpaired) electrons. The van der Waals surface area contributed by atoms with Gasteiger partial charge in [0.25, 0.3) is 5.91 Å². The van der Waals surface area contributed by atoms with E-state index in [9.17, 15) is 4.79 Å². The fraction of sp³-hybridized carbons (Fsp3) is 0.533. The van der Waals surface area contributed by atoms with E-state index in [1.54, 1.807) is 0 Å². The molecule has 0 aromatic heterocycles. The number of nitrogens with one attached hydrogen (secondary N) is 1. The van der Waals surface area contributed by atoms with Gasteiger partial charge >= 0.3 is 0 Å². The molecule has 1 fully saturated rings. The molecule has 1 heterocycles. The molecule has 0 saturated heterocycles. The van der Waals surface area contributed by atoms with Crippen LogP contribution in [0.15, 0.2) is 24.3 Å². The van der Waals surface area contributed by atoms with Crippen LogP contribution in [0.1, 0.15) is 31.7 Å². The molecule has 3 atom stereocenters. The third-order valence-corrected chi connectivity index (χ3v) is 3.98. The van der Waals surface area contributed by atoms with Gasteiger partial charge in [0, 0.05) is 12.5 Å². The second-order valence-corrected chi connectivity index (χ2v) is 5.54. The zero-order valence-corrected chi connectivity index (χ0v) is 10.7. The minimum absolute atomic E-state index is 0.0466. The van der Waals surface area contributed by atoms with E-state index in [1.807, 2.05) is 24.3 Å². The van der Waals surface area contributed by atoms with Crippen molar-refractivity contribution in [2.24, 2.45) is 5.92 Å². The lowest BCUT2D eigenvalue weighted by molar-refractivity contribution is -0.127. The Morgan fingerprint density at radius 1 is 1.33 bits per heavy atom. The lowest BCUT2D eigenvalue weighted by Crippen LogP contribution is -2.42. The maximum atomic E-state index is 12.1. The first-order chi connectivity index (χ1) is 8.72. The average molecular weight is 245 g/mol. The Balaban J connectivity index is 1.59. The van der Waals surface area contributed by atoms with E-state index in [2.05, 4.69) is 12.2 Å². The van der Waals surface area contributed by atoms with Crippen molar-refractivity contribution in [2.45, 2.75) is 44.8 Å². The molecule has 2 aliphatic rings. The maximum Gasteiger partial charge on any atom is 0.261 e. The summed E-state index contributed by atoms with van der Waals surface area (Å²) in [7, 11) is 0. The van der Waals surface area contributed by atoms with Crippen LogP contribution in [0.2, 0.25) is 0 Å². The molecule has 96 valence electrons. The van der Waals surface area contributed by atoms with Crippen LogP contribution in [0.3, 0.4) is 0 Å². The van der Waals surface area contributed by atoms with Crippen molar-refractivity contribution in [1.29, 1.82) is 0 Å². The Morgan fingerprint density at radius 3 is 2.89 bits per heavy atom. The molecule has 0 spiro atoms. The molecule has 1 aliphatic heterocycles. The Morgan fingerprint density at radius 2 is 2.17 bits per heavy atom. The van der Waals surface area contributed by atoms with Gasteiger partial charge in [-0.15, -0.1) is 0 Å². The molecule has 1 aliphatic carbocycles. The van der Waals surface area contributed by atoms with Crippen LogP contribution in [-0.2, 0) is 11.2 Å². The van der Waals surface area contributed by atoms with Crippen molar-refractivity contribution in [2.75, 3.05) is 0 Å². The van der Waals surface area contributed by atoms with Crippen LogP contribution in [0.4, 0.5) is 0 Å². The number of fused-ring (bicyclic) bond motifs is 1. The summed E-state index contributed by atoms with van der Waals surface area (Å²) in [5, 5.41) is 3.12. The summed E-state index contributed by atoms with van der Waals surface area (Å²) in [5.41, 5.74) is 1.14. The Kier molecular flexibility index (Phi) is 2.98. The zero-order valence-electron chi connectivity index (χ0n) is 10.7. The standard InChI is InChI=1S/C15H19NO2/c1-10-6-7-12(8-10)16-15(17)14-9-11-4-2-3-5-13(11)18-14/h2-5,10,12,14H,6-9H2,1H3,(H,16,17). The molecule has 3 nitrogen and oxygen atoms in total. The minimum atomic E-state index is -0.335. The van der Waals surface area contributed by atoms with Crippen molar-refractivity contribution in [3.63, 3.8) is 0 Å². The molecule has 1 aromatic carbocycles. The van der Waals surface area contributed by atoms with Gasteiger partial charge in [-0.2, -0.15) is 0 Å². The molecule has 3 unspecified atom stereocenters. The van der Waals surface area contributed by atoms with Crippen LogP contribution in [-0.4, -0.2) is 18.1 Å². The van der Waals surface area contributed by atoms with Gasteiger partial charge in [-0.05, 0) is 36.8 Å². The molecule has 3 heteroatoms. The number of amides is 1. The summed E-state index contributed by atoms with van der Waals surface area (Å²) in [6.45, 7) is 2.24. The first kappa shape index (κ1) is 11.6. The van der Waals surface area contributed by atoms with Gasteiger partial charge in [0.1, 0.15) is 5.75 Å². The summed E-state index contributed by atoms with van der Waals surface area (Å²) in [4.78, 5) is 12.1. The highest BCUT2D eigenvalue weighted by Crippen LogP contribution is 2.29. The van der Waals surface area contributed by atoms with Crippen molar-refractivity contribution < 1.29 is 9.53 Å². The van der Waals surface area contributed by atoms with E-state index >= 15 is 0 Å². The molecule has 1 saturated carbocycles. The van der Waals surface area contributed by atoms with Gasteiger partial charge in [0.15, 0.2) is 6.10 Å². The molecule has 18 heavy (non-hydrogen) atoms. The summed E-state index contributed by atoms with van der Waals surface area (Å²) in [6, 6.07) is 8.24. The quantitative estimate of drug-likeness (QED) is 0.868. The van der Waals surface area contributed by atoms with Crippen LogP contribution < -0.4 is 10.1 Å². The van der Waals surface area contributed by atoms with Gasteiger partial charge < -0.3 is 10.1 Å². The first-order valence-corrected chi connectivity index (χ1v) is 6.77. The normalized spacial score (nSPS) is 29.7. The Bertz CT molecular complexity index is 433. The predicted octanol–water partition coefficient (Wildman–Crippen LogP) is 2.29.